The molecule has 0 aliphatic heterocycles. The third-order valence-electron chi connectivity index (χ3n) is 3.21. The normalized spacial score (nSPS) is 22.9. The van der Waals surface area contributed by atoms with Gasteiger partial charge in [0.15, 0.2) is 0 Å². The van der Waals surface area contributed by atoms with E-state index in [-0.39, 0.29) is 10.6 Å². The Labute approximate surface area is 111 Å². The van der Waals surface area contributed by atoms with Crippen molar-refractivity contribution in [3.8, 4) is 0 Å². The monoisotopic (exact) mass is 266 g/mol. The third kappa shape index (κ3) is 3.38. The van der Waals surface area contributed by atoms with Crippen molar-refractivity contribution in [1.29, 1.82) is 0 Å². The Morgan fingerprint density at radius 3 is 3.06 bits per heavy atom. The summed E-state index contributed by atoms with van der Waals surface area (Å²) in [6, 6.07) is 7.22. The highest BCUT2D eigenvalue weighted by Gasteiger charge is 2.24. The van der Waals surface area contributed by atoms with Gasteiger partial charge >= 0.3 is 0 Å². The quantitative estimate of drug-likeness (QED) is 0.652. The zero-order chi connectivity index (χ0) is 13.0. The smallest absolute Gasteiger partial charge is 0.271 e. The van der Waals surface area contributed by atoms with E-state index < -0.39 is 0 Å². The van der Waals surface area contributed by atoms with Crippen LogP contribution in [-0.4, -0.2) is 22.0 Å². The first-order valence-corrected chi connectivity index (χ1v) is 7.36. The first-order valence-electron chi connectivity index (χ1n) is 6.31. The fraction of sp³-hybridized carbons (Fsp3) is 0.538. The van der Waals surface area contributed by atoms with E-state index in [2.05, 4.69) is 12.2 Å². The molecule has 5 heteroatoms. The SMILES string of the molecule is CCSC1CCC(Nc2cccc([N+](=O)[O-])c2)C1. The van der Waals surface area contributed by atoms with Crippen LogP contribution in [-0.2, 0) is 0 Å². The predicted octanol–water partition coefficient (Wildman–Crippen LogP) is 3.68. The molecule has 4 nitrogen and oxygen atoms in total. The van der Waals surface area contributed by atoms with Gasteiger partial charge in [0.05, 0.1) is 4.92 Å². The molecule has 1 aliphatic rings. The van der Waals surface area contributed by atoms with Crippen LogP contribution in [0, 0.1) is 10.1 Å². The summed E-state index contributed by atoms with van der Waals surface area (Å²) in [5.74, 6) is 1.16. The minimum Gasteiger partial charge on any atom is -0.382 e. The summed E-state index contributed by atoms with van der Waals surface area (Å²) < 4.78 is 0. The predicted molar refractivity (Wildman–Crippen MR) is 76.3 cm³/mol. The van der Waals surface area contributed by atoms with Crippen LogP contribution in [0.15, 0.2) is 24.3 Å². The van der Waals surface area contributed by atoms with Crippen molar-refractivity contribution in [1.82, 2.24) is 0 Å². The second-order valence-electron chi connectivity index (χ2n) is 4.54. The van der Waals surface area contributed by atoms with Crippen molar-refractivity contribution >= 4 is 23.1 Å². The number of nitrogens with zero attached hydrogens (tertiary/aromatic N) is 1. The van der Waals surface area contributed by atoms with Crippen molar-refractivity contribution in [2.24, 2.45) is 0 Å². The summed E-state index contributed by atoms with van der Waals surface area (Å²) in [6.07, 6.45) is 3.55. The first-order chi connectivity index (χ1) is 8.69. The number of hydrogen-bond acceptors (Lipinski definition) is 4. The molecule has 0 radical (unpaired) electrons. The van der Waals surface area contributed by atoms with Crippen LogP contribution in [0.5, 0.6) is 0 Å². The highest BCUT2D eigenvalue weighted by atomic mass is 32.2. The van der Waals surface area contributed by atoms with Crippen LogP contribution in [0.2, 0.25) is 0 Å². The lowest BCUT2D eigenvalue weighted by Crippen LogP contribution is -2.16. The van der Waals surface area contributed by atoms with Crippen LogP contribution in [0.4, 0.5) is 11.4 Å². The number of rotatable bonds is 5. The van der Waals surface area contributed by atoms with Gasteiger partial charge in [-0.25, -0.2) is 0 Å². The molecule has 2 rings (SSSR count). The van der Waals surface area contributed by atoms with Crippen molar-refractivity contribution in [2.45, 2.75) is 37.5 Å². The minimum atomic E-state index is -0.352. The number of benzene rings is 1. The Hall–Kier alpha value is -1.23. The van der Waals surface area contributed by atoms with Gasteiger partial charge in [-0.15, -0.1) is 0 Å². The first kappa shape index (κ1) is 13.2. The minimum absolute atomic E-state index is 0.150. The summed E-state index contributed by atoms with van der Waals surface area (Å²) >= 11 is 2.01. The van der Waals surface area contributed by atoms with Crippen molar-refractivity contribution < 1.29 is 4.92 Å². The molecule has 0 saturated heterocycles. The van der Waals surface area contributed by atoms with Crippen LogP contribution in [0.3, 0.4) is 0 Å². The second kappa shape index (κ2) is 6.09. The molecular weight excluding hydrogens is 248 g/mol. The molecule has 1 aromatic carbocycles. The topological polar surface area (TPSA) is 55.2 Å². The summed E-state index contributed by atoms with van der Waals surface area (Å²) in [6.45, 7) is 2.19. The Kier molecular flexibility index (Phi) is 4.47. The zero-order valence-electron chi connectivity index (χ0n) is 10.5. The molecule has 98 valence electrons. The summed E-state index contributed by atoms with van der Waals surface area (Å²) in [7, 11) is 0. The molecule has 0 bridgehead atoms. The number of nitrogens with one attached hydrogen (secondary N) is 1. The Morgan fingerprint density at radius 2 is 2.33 bits per heavy atom. The lowest BCUT2D eigenvalue weighted by atomic mass is 10.2. The Bertz CT molecular complexity index is 425. The van der Waals surface area contributed by atoms with Crippen LogP contribution < -0.4 is 5.32 Å². The van der Waals surface area contributed by atoms with E-state index in [4.69, 9.17) is 0 Å². The molecule has 1 N–H and O–H groups in total. The second-order valence-corrected chi connectivity index (χ2v) is 6.12. The van der Waals surface area contributed by atoms with E-state index in [1.807, 2.05) is 17.8 Å². The average molecular weight is 266 g/mol. The van der Waals surface area contributed by atoms with E-state index in [0.29, 0.717) is 6.04 Å². The van der Waals surface area contributed by atoms with Gasteiger partial charge in [-0.1, -0.05) is 13.0 Å². The van der Waals surface area contributed by atoms with Crippen molar-refractivity contribution in [2.75, 3.05) is 11.1 Å². The highest BCUT2D eigenvalue weighted by molar-refractivity contribution is 7.99. The van der Waals surface area contributed by atoms with Crippen LogP contribution in [0.25, 0.3) is 0 Å². The van der Waals surface area contributed by atoms with Gasteiger partial charge in [-0.2, -0.15) is 11.8 Å². The lowest BCUT2D eigenvalue weighted by molar-refractivity contribution is -0.384. The van der Waals surface area contributed by atoms with Crippen molar-refractivity contribution in [3.63, 3.8) is 0 Å². The molecule has 1 saturated carbocycles. The van der Waals surface area contributed by atoms with Gasteiger partial charge in [0, 0.05) is 29.1 Å². The number of anilines is 1. The van der Waals surface area contributed by atoms with Crippen molar-refractivity contribution in [3.05, 3.63) is 34.4 Å². The maximum Gasteiger partial charge on any atom is 0.271 e. The Balaban J connectivity index is 1.94. The van der Waals surface area contributed by atoms with Crippen LogP contribution in [0.1, 0.15) is 26.2 Å². The van der Waals surface area contributed by atoms with Gasteiger partial charge in [0.25, 0.3) is 5.69 Å². The third-order valence-corrected chi connectivity index (χ3v) is 4.45. The van der Waals surface area contributed by atoms with Gasteiger partial charge in [0.2, 0.25) is 0 Å². The standard InChI is InChI=1S/C13H18N2O2S/c1-2-18-13-7-6-11(9-13)14-10-4-3-5-12(8-10)15(16)17/h3-5,8,11,13-14H,2,6-7,9H2,1H3. The molecule has 18 heavy (non-hydrogen) atoms. The van der Waals surface area contributed by atoms with E-state index in [1.54, 1.807) is 12.1 Å². The van der Waals surface area contributed by atoms with Gasteiger partial charge in [0.1, 0.15) is 0 Å². The van der Waals surface area contributed by atoms with Gasteiger partial charge in [-0.05, 0) is 31.1 Å². The molecule has 0 spiro atoms. The van der Waals surface area contributed by atoms with E-state index in [0.717, 1.165) is 29.5 Å². The molecule has 0 amide bonds. The number of non-ortho nitro benzene ring substituents is 1. The lowest BCUT2D eigenvalue weighted by Gasteiger charge is -2.14. The molecule has 2 atom stereocenters. The molecule has 2 unspecified atom stereocenters. The fourth-order valence-electron chi connectivity index (χ4n) is 2.40. The summed E-state index contributed by atoms with van der Waals surface area (Å²) in [5, 5.41) is 14.9. The number of nitro benzene ring substituents is 1. The van der Waals surface area contributed by atoms with E-state index >= 15 is 0 Å². The molecule has 0 aromatic heterocycles. The number of thioether (sulfide) groups is 1. The summed E-state index contributed by atoms with van der Waals surface area (Å²) in [4.78, 5) is 10.4. The maximum atomic E-state index is 10.7. The highest BCUT2D eigenvalue weighted by Crippen LogP contribution is 2.31. The molecular formula is C13H18N2O2S. The fourth-order valence-corrected chi connectivity index (χ4v) is 3.55. The maximum absolute atomic E-state index is 10.7. The molecule has 1 fully saturated rings. The molecule has 1 aromatic rings. The zero-order valence-corrected chi connectivity index (χ0v) is 11.3. The number of hydrogen-bond donors (Lipinski definition) is 1. The number of nitro groups is 1. The Morgan fingerprint density at radius 1 is 1.50 bits per heavy atom. The van der Waals surface area contributed by atoms with Gasteiger partial charge in [-0.3, -0.25) is 10.1 Å². The van der Waals surface area contributed by atoms with E-state index in [9.17, 15) is 10.1 Å². The average Bonchev–Trinajstić information content (AvgIpc) is 2.77. The van der Waals surface area contributed by atoms with Crippen LogP contribution >= 0.6 is 11.8 Å². The largest absolute Gasteiger partial charge is 0.382 e. The molecule has 0 heterocycles. The summed E-state index contributed by atoms with van der Waals surface area (Å²) in [5.41, 5.74) is 1.01. The van der Waals surface area contributed by atoms with E-state index in [1.165, 1.54) is 12.5 Å². The molecule has 1 aliphatic carbocycles. The van der Waals surface area contributed by atoms with Gasteiger partial charge < -0.3 is 5.32 Å².